The molecule has 3 N–H and O–H groups in total. The van der Waals surface area contributed by atoms with Crippen molar-refractivity contribution in [2.24, 2.45) is 0 Å². The van der Waals surface area contributed by atoms with Gasteiger partial charge in [0.2, 0.25) is 0 Å². The fourth-order valence-corrected chi connectivity index (χ4v) is 5.75. The lowest BCUT2D eigenvalue weighted by Gasteiger charge is -2.35. The second-order valence-corrected chi connectivity index (χ2v) is 10.2. The second kappa shape index (κ2) is 8.24. The Hall–Kier alpha value is -3.04. The number of nitrogens with zero attached hydrogens (tertiary/aromatic N) is 2. The summed E-state index contributed by atoms with van der Waals surface area (Å²) in [5.74, 6) is -0.998. The summed E-state index contributed by atoms with van der Waals surface area (Å²) in [5, 5.41) is 25.8. The predicted octanol–water partition coefficient (Wildman–Crippen LogP) is 4.65. The fraction of sp³-hybridized carbons (Fsp3) is 0.481. The van der Waals surface area contributed by atoms with E-state index in [1.165, 1.54) is 6.07 Å². The Morgan fingerprint density at radius 3 is 2.67 bits per heavy atom. The van der Waals surface area contributed by atoms with Gasteiger partial charge in [-0.1, -0.05) is 12.1 Å². The molecule has 7 nitrogen and oxygen atoms in total. The van der Waals surface area contributed by atoms with E-state index in [0.717, 1.165) is 16.5 Å². The summed E-state index contributed by atoms with van der Waals surface area (Å²) in [6, 6.07) is 6.31. The molecule has 9 heteroatoms. The summed E-state index contributed by atoms with van der Waals surface area (Å²) in [4.78, 5) is 9.37. The van der Waals surface area contributed by atoms with Crippen LogP contribution in [0, 0.1) is 6.92 Å². The number of aromatic nitrogens is 2. The molecule has 1 saturated carbocycles. The summed E-state index contributed by atoms with van der Waals surface area (Å²) in [7, 11) is 0. The third-order valence-corrected chi connectivity index (χ3v) is 7.69. The van der Waals surface area contributed by atoms with Gasteiger partial charge < -0.3 is 25.0 Å². The average molecular weight is 498 g/mol. The lowest BCUT2D eigenvalue weighted by Crippen LogP contribution is -2.33. The topological polar surface area (TPSA) is 96.7 Å². The first kappa shape index (κ1) is 23.4. The Morgan fingerprint density at radius 2 is 1.89 bits per heavy atom. The maximum absolute atomic E-state index is 14.3. The van der Waals surface area contributed by atoms with Crippen molar-refractivity contribution in [3.63, 3.8) is 0 Å². The molecule has 1 aliphatic carbocycles. The molecule has 0 spiro atoms. The Bertz CT molecular complexity index is 1350. The number of ether oxygens (including phenoxy) is 2. The highest BCUT2D eigenvalue weighted by molar-refractivity contribution is 5.94. The van der Waals surface area contributed by atoms with Gasteiger partial charge in [-0.15, -0.1) is 0 Å². The van der Waals surface area contributed by atoms with E-state index in [0.29, 0.717) is 67.2 Å². The van der Waals surface area contributed by atoms with Crippen LogP contribution in [0.15, 0.2) is 24.3 Å². The number of rotatable bonds is 4. The molecule has 3 heterocycles. The summed E-state index contributed by atoms with van der Waals surface area (Å²) in [6.07, 6.45) is 2.15. The minimum absolute atomic E-state index is 0.101. The van der Waals surface area contributed by atoms with E-state index >= 15 is 0 Å². The third kappa shape index (κ3) is 3.67. The van der Waals surface area contributed by atoms with Gasteiger partial charge in [0.05, 0.1) is 35.4 Å². The monoisotopic (exact) mass is 497 g/mol. The number of aliphatic hydroxyl groups excluding tert-OH is 1. The van der Waals surface area contributed by atoms with Crippen LogP contribution in [0.3, 0.4) is 0 Å². The van der Waals surface area contributed by atoms with Crippen LogP contribution in [-0.4, -0.2) is 39.5 Å². The quantitative estimate of drug-likeness (QED) is 0.483. The normalized spacial score (nSPS) is 25.1. The Labute approximate surface area is 207 Å². The Balaban J connectivity index is 1.45. The molecule has 0 saturated heterocycles. The molecule has 36 heavy (non-hydrogen) atoms. The zero-order valence-electron chi connectivity index (χ0n) is 20.3. The molecule has 1 atom stereocenters. The number of halogens is 2. The maximum Gasteiger partial charge on any atom is 0.310 e. The smallest absolute Gasteiger partial charge is 0.310 e. The van der Waals surface area contributed by atoms with Gasteiger partial charge in [-0.05, 0) is 51.7 Å². The van der Waals surface area contributed by atoms with Crippen molar-refractivity contribution in [3.05, 3.63) is 52.3 Å². The molecule has 2 aliphatic heterocycles. The van der Waals surface area contributed by atoms with Gasteiger partial charge in [-0.2, -0.15) is 8.78 Å². The summed E-state index contributed by atoms with van der Waals surface area (Å²) >= 11 is 0. The van der Waals surface area contributed by atoms with Gasteiger partial charge in [0.1, 0.15) is 23.1 Å². The van der Waals surface area contributed by atoms with Gasteiger partial charge in [-0.3, -0.25) is 0 Å². The Kier molecular flexibility index (Phi) is 5.35. The van der Waals surface area contributed by atoms with E-state index in [1.807, 2.05) is 19.9 Å². The molecule has 0 amide bonds. The molecule has 0 bridgehead atoms. The van der Waals surface area contributed by atoms with Crippen molar-refractivity contribution in [1.29, 1.82) is 0 Å². The van der Waals surface area contributed by atoms with Crippen LogP contribution in [0.2, 0.25) is 0 Å². The van der Waals surface area contributed by atoms with Crippen molar-refractivity contribution >= 4 is 16.7 Å². The van der Waals surface area contributed by atoms with Crippen LogP contribution < -0.4 is 14.8 Å². The molecular formula is C27H29F2N3O4. The third-order valence-electron chi connectivity index (χ3n) is 7.69. The molecule has 3 aromatic rings. The maximum atomic E-state index is 14.3. The standard InChI is InChI=1S/C27H29F2N3O4/c1-14(17-4-3-5-20-23(17)36-13-27(20,28)29)30-25-19-12-21(26(34)9-6-16(33)7-10-26)24-18(8-11-35-24)22(19)31-15(2)32-25/h3-5,12,14,16,33-34H,6-11,13H2,1-2H3,(H,30,31,32)/t14-,16-,26+/m1/s1. The van der Waals surface area contributed by atoms with E-state index in [9.17, 15) is 19.0 Å². The lowest BCUT2D eigenvalue weighted by atomic mass is 9.77. The summed E-state index contributed by atoms with van der Waals surface area (Å²) in [6.45, 7) is 3.53. The van der Waals surface area contributed by atoms with E-state index in [1.54, 1.807) is 12.1 Å². The molecule has 0 radical (unpaired) electrons. The van der Waals surface area contributed by atoms with Gasteiger partial charge in [0, 0.05) is 28.5 Å². The van der Waals surface area contributed by atoms with Crippen LogP contribution in [0.4, 0.5) is 14.6 Å². The van der Waals surface area contributed by atoms with Crippen molar-refractivity contribution < 1.29 is 28.5 Å². The number of aryl methyl sites for hydroxylation is 1. The highest BCUT2D eigenvalue weighted by atomic mass is 19.3. The zero-order valence-corrected chi connectivity index (χ0v) is 20.3. The number of benzene rings is 2. The number of fused-ring (bicyclic) bond motifs is 4. The van der Waals surface area contributed by atoms with Gasteiger partial charge in [0.25, 0.3) is 0 Å². The van der Waals surface area contributed by atoms with Crippen LogP contribution in [-0.2, 0) is 17.9 Å². The van der Waals surface area contributed by atoms with Crippen molar-refractivity contribution in [3.8, 4) is 11.5 Å². The first-order valence-electron chi connectivity index (χ1n) is 12.4. The van der Waals surface area contributed by atoms with Crippen LogP contribution >= 0.6 is 0 Å². The molecular weight excluding hydrogens is 468 g/mol. The zero-order chi connectivity index (χ0) is 25.2. The van der Waals surface area contributed by atoms with Crippen LogP contribution in [0.1, 0.15) is 66.7 Å². The van der Waals surface area contributed by atoms with E-state index in [4.69, 9.17) is 14.5 Å². The van der Waals surface area contributed by atoms with Crippen LogP contribution in [0.25, 0.3) is 10.9 Å². The van der Waals surface area contributed by atoms with Gasteiger partial charge in [0.15, 0.2) is 6.61 Å². The molecule has 190 valence electrons. The minimum atomic E-state index is -3.01. The minimum Gasteiger partial charge on any atom is -0.492 e. The highest BCUT2D eigenvalue weighted by Gasteiger charge is 2.43. The second-order valence-electron chi connectivity index (χ2n) is 10.2. The SMILES string of the molecule is Cc1nc(N[C@H](C)c2cccc3c2OCC3(F)F)c2cc([C@]3(O)CC[C@@H](O)CC3)c3c(c2n1)CCO3. The number of nitrogens with one attached hydrogen (secondary N) is 1. The molecule has 6 rings (SSSR count). The molecule has 0 unspecified atom stereocenters. The average Bonchev–Trinajstić information content (AvgIpc) is 3.45. The van der Waals surface area contributed by atoms with E-state index < -0.39 is 24.2 Å². The largest absolute Gasteiger partial charge is 0.492 e. The number of anilines is 1. The summed E-state index contributed by atoms with van der Waals surface area (Å²) < 4.78 is 39.9. The first-order chi connectivity index (χ1) is 17.2. The highest BCUT2D eigenvalue weighted by Crippen LogP contribution is 2.48. The lowest BCUT2D eigenvalue weighted by molar-refractivity contribution is -0.0373. The first-order valence-corrected chi connectivity index (χ1v) is 12.4. The van der Waals surface area contributed by atoms with Crippen molar-refractivity contribution in [2.45, 2.75) is 69.6 Å². The molecule has 3 aliphatic rings. The van der Waals surface area contributed by atoms with Crippen molar-refractivity contribution in [2.75, 3.05) is 18.5 Å². The number of aliphatic hydroxyl groups is 2. The van der Waals surface area contributed by atoms with E-state index in [2.05, 4.69) is 10.3 Å². The number of alkyl halides is 2. The number of para-hydroxylation sites is 1. The van der Waals surface area contributed by atoms with Crippen molar-refractivity contribution in [1.82, 2.24) is 9.97 Å². The van der Waals surface area contributed by atoms with Gasteiger partial charge in [-0.25, -0.2) is 9.97 Å². The number of hydrogen-bond donors (Lipinski definition) is 3. The number of hydrogen-bond acceptors (Lipinski definition) is 7. The van der Waals surface area contributed by atoms with Crippen LogP contribution in [0.5, 0.6) is 11.5 Å². The molecule has 1 aromatic heterocycles. The molecule has 1 fully saturated rings. The summed E-state index contributed by atoms with van der Waals surface area (Å²) in [5.41, 5.74) is 1.80. The Morgan fingerprint density at radius 1 is 1.11 bits per heavy atom. The molecule has 2 aromatic carbocycles. The van der Waals surface area contributed by atoms with E-state index in [-0.39, 0.29) is 17.4 Å². The van der Waals surface area contributed by atoms with Gasteiger partial charge >= 0.3 is 5.92 Å². The fourth-order valence-electron chi connectivity index (χ4n) is 5.75. The predicted molar refractivity (Wildman–Crippen MR) is 130 cm³/mol.